The fraction of sp³-hybridized carbons (Fsp3) is 0.533. The Morgan fingerprint density at radius 1 is 1.40 bits per heavy atom. The summed E-state index contributed by atoms with van der Waals surface area (Å²) in [6.07, 6.45) is 4.22. The number of carbonyl (C=O) groups excluding carboxylic acids is 1. The number of rotatable bonds is 7. The van der Waals surface area contributed by atoms with Crippen LogP contribution in [0, 0.1) is 0 Å². The van der Waals surface area contributed by atoms with E-state index in [2.05, 4.69) is 25.4 Å². The van der Waals surface area contributed by atoms with Gasteiger partial charge in [0.05, 0.1) is 24.0 Å². The zero-order valence-electron chi connectivity index (χ0n) is 12.7. The van der Waals surface area contributed by atoms with Crippen molar-refractivity contribution < 1.29 is 9.53 Å². The van der Waals surface area contributed by atoms with E-state index >= 15 is 0 Å². The number of hydrogen-bond acceptors (Lipinski definition) is 5. The molecule has 112 valence electrons. The van der Waals surface area contributed by atoms with E-state index in [4.69, 9.17) is 10.5 Å². The molecule has 4 nitrogen and oxygen atoms in total. The molecule has 0 amide bonds. The lowest BCUT2D eigenvalue weighted by Crippen LogP contribution is -2.32. The zero-order valence-corrected chi connectivity index (χ0v) is 13.5. The minimum absolute atomic E-state index is 0.148. The lowest BCUT2D eigenvalue weighted by molar-refractivity contribution is 0.0602. The van der Waals surface area contributed by atoms with Crippen molar-refractivity contribution in [2.24, 2.45) is 0 Å². The smallest absolute Gasteiger partial charge is 0.340 e. The molecule has 1 aromatic carbocycles. The minimum Gasteiger partial charge on any atom is -0.465 e. The maximum Gasteiger partial charge on any atom is 0.340 e. The lowest BCUT2D eigenvalue weighted by atomic mass is 10.0. The Hall–Kier alpha value is -1.36. The molecule has 0 fully saturated rings. The number of thioether (sulfide) groups is 1. The first-order valence-corrected chi connectivity index (χ1v) is 8.01. The highest BCUT2D eigenvalue weighted by atomic mass is 32.2. The fourth-order valence-electron chi connectivity index (χ4n) is 2.16. The molecule has 0 aliphatic carbocycles. The van der Waals surface area contributed by atoms with E-state index in [-0.39, 0.29) is 10.7 Å². The van der Waals surface area contributed by atoms with Crippen LogP contribution in [-0.4, -0.2) is 30.6 Å². The van der Waals surface area contributed by atoms with Crippen molar-refractivity contribution in [3.63, 3.8) is 0 Å². The molecule has 0 saturated heterocycles. The number of nitrogens with two attached hydrogens (primary N) is 1. The summed E-state index contributed by atoms with van der Waals surface area (Å²) in [7, 11) is 1.37. The number of esters is 1. The molecule has 5 heteroatoms. The molecule has 3 N–H and O–H groups in total. The maximum atomic E-state index is 11.8. The third-order valence-electron chi connectivity index (χ3n) is 3.81. The van der Waals surface area contributed by atoms with Gasteiger partial charge in [0.25, 0.3) is 0 Å². The highest BCUT2D eigenvalue weighted by Gasteiger charge is 2.25. The summed E-state index contributed by atoms with van der Waals surface area (Å²) in [6.45, 7) is 5.12. The number of nitrogens with one attached hydrogen (secondary N) is 1. The summed E-state index contributed by atoms with van der Waals surface area (Å²) < 4.78 is 4.95. The molecule has 20 heavy (non-hydrogen) atoms. The molecule has 0 saturated carbocycles. The van der Waals surface area contributed by atoms with E-state index in [1.54, 1.807) is 18.2 Å². The largest absolute Gasteiger partial charge is 0.465 e. The van der Waals surface area contributed by atoms with E-state index in [0.29, 0.717) is 16.9 Å². The van der Waals surface area contributed by atoms with Gasteiger partial charge >= 0.3 is 5.97 Å². The lowest BCUT2D eigenvalue weighted by Gasteiger charge is -2.31. The number of hydrogen-bond donors (Lipinski definition) is 2. The van der Waals surface area contributed by atoms with Crippen LogP contribution in [0.1, 0.15) is 37.0 Å². The van der Waals surface area contributed by atoms with Gasteiger partial charge in [0.2, 0.25) is 0 Å². The van der Waals surface area contributed by atoms with Gasteiger partial charge in [-0.15, -0.1) is 0 Å². The third kappa shape index (κ3) is 3.60. The van der Waals surface area contributed by atoms with Crippen LogP contribution in [0.5, 0.6) is 0 Å². The number of benzene rings is 1. The van der Waals surface area contributed by atoms with Crippen LogP contribution in [0.2, 0.25) is 0 Å². The standard InChI is InChI=1S/C15H24N2O2S/c1-5-15(6-2,20-4)10-17-13-11(14(18)19-3)8-7-9-12(13)16/h7-9,17H,5-6,10,16H2,1-4H3. The predicted molar refractivity (Wildman–Crippen MR) is 87.5 cm³/mol. The summed E-state index contributed by atoms with van der Waals surface area (Å²) in [5.41, 5.74) is 7.70. The van der Waals surface area contributed by atoms with Crippen molar-refractivity contribution in [3.05, 3.63) is 23.8 Å². The Labute approximate surface area is 125 Å². The van der Waals surface area contributed by atoms with Gasteiger partial charge in [-0.1, -0.05) is 19.9 Å². The van der Waals surface area contributed by atoms with E-state index in [0.717, 1.165) is 19.4 Å². The molecule has 0 bridgehead atoms. The van der Waals surface area contributed by atoms with Crippen molar-refractivity contribution in [1.82, 2.24) is 0 Å². The molecule has 0 aliphatic rings. The highest BCUT2D eigenvalue weighted by molar-refractivity contribution is 8.00. The number of carbonyl (C=O) groups is 1. The molecule has 0 unspecified atom stereocenters. The Balaban J connectivity index is 3.00. The number of anilines is 2. The molecule has 0 aromatic heterocycles. The first kappa shape index (κ1) is 16.7. The summed E-state index contributed by atoms with van der Waals surface area (Å²) in [5, 5.41) is 3.34. The summed E-state index contributed by atoms with van der Waals surface area (Å²) in [4.78, 5) is 11.8. The van der Waals surface area contributed by atoms with Crippen LogP contribution in [0.3, 0.4) is 0 Å². The highest BCUT2D eigenvalue weighted by Crippen LogP contribution is 2.32. The summed E-state index contributed by atoms with van der Waals surface area (Å²) in [6, 6.07) is 5.27. The molecule has 1 rings (SSSR count). The van der Waals surface area contributed by atoms with Gasteiger partial charge in [0.15, 0.2) is 0 Å². The molecular weight excluding hydrogens is 272 g/mol. The van der Waals surface area contributed by atoms with Crippen molar-refractivity contribution in [3.8, 4) is 0 Å². The Morgan fingerprint density at radius 2 is 2.05 bits per heavy atom. The first-order valence-electron chi connectivity index (χ1n) is 6.79. The van der Waals surface area contributed by atoms with Crippen molar-refractivity contribution >= 4 is 29.1 Å². The van der Waals surface area contributed by atoms with Crippen molar-refractivity contribution in [2.75, 3.05) is 31.0 Å². The summed E-state index contributed by atoms with van der Waals surface area (Å²) in [5.74, 6) is -0.373. The van der Waals surface area contributed by atoms with E-state index in [1.807, 2.05) is 11.8 Å². The van der Waals surface area contributed by atoms with Crippen LogP contribution in [0.25, 0.3) is 0 Å². The second kappa shape index (κ2) is 7.43. The maximum absolute atomic E-state index is 11.8. The normalized spacial score (nSPS) is 11.2. The Bertz CT molecular complexity index is 451. The van der Waals surface area contributed by atoms with Crippen LogP contribution in [0.15, 0.2) is 18.2 Å². The molecule has 0 heterocycles. The molecule has 1 aromatic rings. The number of para-hydroxylation sites is 1. The van der Waals surface area contributed by atoms with E-state index < -0.39 is 0 Å². The second-order valence-corrected chi connectivity index (χ2v) is 5.98. The molecule has 0 aliphatic heterocycles. The molecule has 0 radical (unpaired) electrons. The van der Waals surface area contributed by atoms with Gasteiger partial charge in [-0.3, -0.25) is 0 Å². The Morgan fingerprint density at radius 3 is 2.55 bits per heavy atom. The second-order valence-electron chi connectivity index (χ2n) is 4.71. The van der Waals surface area contributed by atoms with Gasteiger partial charge < -0.3 is 15.8 Å². The number of ether oxygens (including phenoxy) is 1. The van der Waals surface area contributed by atoms with E-state index in [9.17, 15) is 4.79 Å². The predicted octanol–water partition coefficient (Wildman–Crippen LogP) is 3.39. The molecule has 0 atom stereocenters. The first-order chi connectivity index (χ1) is 9.53. The van der Waals surface area contributed by atoms with Gasteiger partial charge in [0.1, 0.15) is 0 Å². The topological polar surface area (TPSA) is 64.3 Å². The van der Waals surface area contributed by atoms with Crippen LogP contribution in [-0.2, 0) is 4.74 Å². The average Bonchev–Trinajstić information content (AvgIpc) is 2.49. The van der Waals surface area contributed by atoms with E-state index in [1.165, 1.54) is 7.11 Å². The van der Waals surface area contributed by atoms with Gasteiger partial charge in [-0.25, -0.2) is 4.79 Å². The van der Waals surface area contributed by atoms with Crippen molar-refractivity contribution in [1.29, 1.82) is 0 Å². The monoisotopic (exact) mass is 296 g/mol. The van der Waals surface area contributed by atoms with Gasteiger partial charge in [-0.05, 0) is 31.2 Å². The van der Waals surface area contributed by atoms with Gasteiger partial charge in [0, 0.05) is 11.3 Å². The number of methoxy groups -OCH3 is 1. The van der Waals surface area contributed by atoms with Crippen LogP contribution >= 0.6 is 11.8 Å². The summed E-state index contributed by atoms with van der Waals surface area (Å²) >= 11 is 1.84. The van der Waals surface area contributed by atoms with Crippen molar-refractivity contribution in [2.45, 2.75) is 31.4 Å². The number of nitrogen functional groups attached to an aromatic ring is 1. The minimum atomic E-state index is -0.373. The fourth-order valence-corrected chi connectivity index (χ4v) is 2.95. The SMILES string of the molecule is CCC(CC)(CNc1c(N)cccc1C(=O)OC)SC. The van der Waals surface area contributed by atoms with Crippen LogP contribution < -0.4 is 11.1 Å². The zero-order chi connectivity index (χ0) is 15.2. The third-order valence-corrected chi connectivity index (χ3v) is 5.40. The molecule has 0 spiro atoms. The quantitative estimate of drug-likeness (QED) is 0.596. The molecular formula is C15H24N2O2S. The van der Waals surface area contributed by atoms with Crippen LogP contribution in [0.4, 0.5) is 11.4 Å². The van der Waals surface area contributed by atoms with Gasteiger partial charge in [-0.2, -0.15) is 11.8 Å². The average molecular weight is 296 g/mol. The Kier molecular flexibility index (Phi) is 6.20.